The summed E-state index contributed by atoms with van der Waals surface area (Å²) in [6.45, 7) is 7.56. The minimum absolute atomic E-state index is 0.275. The van der Waals surface area contributed by atoms with Gasteiger partial charge in [0.1, 0.15) is 12.1 Å². The molecule has 0 radical (unpaired) electrons. The molecule has 23 heavy (non-hydrogen) atoms. The van der Waals surface area contributed by atoms with E-state index in [1.54, 1.807) is 4.52 Å². The van der Waals surface area contributed by atoms with E-state index in [4.69, 9.17) is 0 Å². The number of nitrogens with one attached hydrogen (secondary N) is 1. The van der Waals surface area contributed by atoms with Crippen molar-refractivity contribution in [3.05, 3.63) is 42.7 Å². The summed E-state index contributed by atoms with van der Waals surface area (Å²) in [4.78, 5) is 8.81. The molecule has 0 unspecified atom stereocenters. The van der Waals surface area contributed by atoms with Crippen LogP contribution in [0.1, 0.15) is 20.8 Å². The summed E-state index contributed by atoms with van der Waals surface area (Å²) >= 11 is 1.94. The lowest BCUT2D eigenvalue weighted by atomic mass is 10.1. The second-order valence-electron chi connectivity index (χ2n) is 6.25. The topological polar surface area (TPSA) is 55.1 Å². The first-order chi connectivity index (χ1) is 11.0. The van der Waals surface area contributed by atoms with Gasteiger partial charge in [-0.15, -0.1) is 0 Å². The molecule has 0 fully saturated rings. The predicted molar refractivity (Wildman–Crippen MR) is 96.9 cm³/mol. The van der Waals surface area contributed by atoms with Crippen LogP contribution in [0.3, 0.4) is 0 Å². The second kappa shape index (κ2) is 6.58. The number of thioether (sulfide) groups is 1. The van der Waals surface area contributed by atoms with Crippen LogP contribution in [0.4, 0.5) is 5.82 Å². The van der Waals surface area contributed by atoms with Crippen molar-refractivity contribution in [3.63, 3.8) is 0 Å². The quantitative estimate of drug-likeness (QED) is 0.724. The van der Waals surface area contributed by atoms with Gasteiger partial charge in [0.25, 0.3) is 5.78 Å². The number of anilines is 1. The number of fused-ring (bicyclic) bond motifs is 1. The van der Waals surface area contributed by atoms with Crippen LogP contribution in [0.2, 0.25) is 0 Å². The standard InChI is InChI=1S/C17H21N5S/c1-17(2,3)23-10-9-18-15-11-14(13-7-5-4-6-8-13)21-16-19-12-20-22(15)16/h4-8,11-12,18H,9-10H2,1-3H3. The number of rotatable bonds is 5. The van der Waals surface area contributed by atoms with E-state index in [1.807, 2.05) is 36.0 Å². The Morgan fingerprint density at radius 2 is 1.96 bits per heavy atom. The molecule has 0 aliphatic rings. The molecule has 0 saturated carbocycles. The lowest BCUT2D eigenvalue weighted by Crippen LogP contribution is -2.14. The Morgan fingerprint density at radius 1 is 1.17 bits per heavy atom. The molecule has 2 heterocycles. The van der Waals surface area contributed by atoms with Gasteiger partial charge in [-0.05, 0) is 0 Å². The largest absolute Gasteiger partial charge is 0.369 e. The van der Waals surface area contributed by atoms with E-state index < -0.39 is 0 Å². The Bertz CT molecular complexity index is 777. The summed E-state index contributed by atoms with van der Waals surface area (Å²) in [6.07, 6.45) is 1.53. The van der Waals surface area contributed by atoms with E-state index in [0.29, 0.717) is 5.78 Å². The van der Waals surface area contributed by atoms with Crippen LogP contribution in [0.25, 0.3) is 17.0 Å². The number of nitrogens with zero attached hydrogens (tertiary/aromatic N) is 4. The van der Waals surface area contributed by atoms with Crippen molar-refractivity contribution < 1.29 is 0 Å². The fraction of sp³-hybridized carbons (Fsp3) is 0.353. The van der Waals surface area contributed by atoms with Crippen LogP contribution in [-0.4, -0.2) is 36.6 Å². The molecule has 3 rings (SSSR count). The monoisotopic (exact) mass is 327 g/mol. The highest BCUT2D eigenvalue weighted by molar-refractivity contribution is 8.00. The smallest absolute Gasteiger partial charge is 0.254 e. The molecule has 0 aliphatic carbocycles. The summed E-state index contributed by atoms with van der Waals surface area (Å²) < 4.78 is 2.02. The van der Waals surface area contributed by atoms with Gasteiger partial charge in [-0.25, -0.2) is 4.98 Å². The fourth-order valence-corrected chi connectivity index (χ4v) is 3.05. The fourth-order valence-electron chi connectivity index (χ4n) is 2.23. The molecule has 0 atom stereocenters. The number of hydrogen-bond acceptors (Lipinski definition) is 5. The van der Waals surface area contributed by atoms with Crippen molar-refractivity contribution in [2.24, 2.45) is 0 Å². The van der Waals surface area contributed by atoms with E-state index >= 15 is 0 Å². The zero-order valence-electron chi connectivity index (χ0n) is 13.7. The van der Waals surface area contributed by atoms with Gasteiger partial charge in [-0.1, -0.05) is 51.1 Å². The minimum atomic E-state index is 0.275. The summed E-state index contributed by atoms with van der Waals surface area (Å²) in [7, 11) is 0. The molecule has 0 saturated heterocycles. The normalized spacial score (nSPS) is 11.8. The molecule has 6 heteroatoms. The van der Waals surface area contributed by atoms with Gasteiger partial charge < -0.3 is 5.32 Å². The van der Waals surface area contributed by atoms with Crippen LogP contribution in [0.15, 0.2) is 42.7 Å². The van der Waals surface area contributed by atoms with Gasteiger partial charge in [-0.2, -0.15) is 26.4 Å². The Balaban J connectivity index is 1.83. The van der Waals surface area contributed by atoms with E-state index in [1.165, 1.54) is 6.33 Å². The van der Waals surface area contributed by atoms with E-state index in [0.717, 1.165) is 29.4 Å². The van der Waals surface area contributed by atoms with Gasteiger partial charge in [0.2, 0.25) is 0 Å². The first kappa shape index (κ1) is 15.8. The van der Waals surface area contributed by atoms with Crippen molar-refractivity contribution in [1.29, 1.82) is 0 Å². The first-order valence-corrected chi connectivity index (χ1v) is 8.65. The van der Waals surface area contributed by atoms with Gasteiger partial charge in [0.05, 0.1) is 5.69 Å². The van der Waals surface area contributed by atoms with Crippen LogP contribution in [-0.2, 0) is 0 Å². The van der Waals surface area contributed by atoms with Crippen molar-refractivity contribution in [2.45, 2.75) is 25.5 Å². The van der Waals surface area contributed by atoms with Crippen molar-refractivity contribution >= 4 is 23.4 Å². The Morgan fingerprint density at radius 3 is 2.70 bits per heavy atom. The van der Waals surface area contributed by atoms with Crippen LogP contribution >= 0.6 is 11.8 Å². The highest BCUT2D eigenvalue weighted by atomic mass is 32.2. The molecule has 2 aromatic heterocycles. The Kier molecular flexibility index (Phi) is 4.52. The SMILES string of the molecule is CC(C)(C)SCCNc1cc(-c2ccccc2)nc2ncnn12. The lowest BCUT2D eigenvalue weighted by Gasteiger charge is -2.18. The average Bonchev–Trinajstić information content (AvgIpc) is 3.00. The molecule has 0 bridgehead atoms. The summed E-state index contributed by atoms with van der Waals surface area (Å²) in [5, 5.41) is 7.71. The summed E-state index contributed by atoms with van der Waals surface area (Å²) in [5.41, 5.74) is 1.97. The van der Waals surface area contributed by atoms with E-state index in [9.17, 15) is 0 Å². The third-order valence-electron chi connectivity index (χ3n) is 3.26. The van der Waals surface area contributed by atoms with Gasteiger partial charge in [-0.3, -0.25) is 0 Å². The van der Waals surface area contributed by atoms with Crippen LogP contribution in [0.5, 0.6) is 0 Å². The molecule has 0 spiro atoms. The molecule has 0 aliphatic heterocycles. The third kappa shape index (κ3) is 4.01. The molecule has 0 amide bonds. The minimum Gasteiger partial charge on any atom is -0.369 e. The summed E-state index contributed by atoms with van der Waals surface area (Å²) in [5.74, 6) is 2.56. The maximum Gasteiger partial charge on any atom is 0.254 e. The van der Waals surface area contributed by atoms with Crippen molar-refractivity contribution in [2.75, 3.05) is 17.6 Å². The maximum absolute atomic E-state index is 4.58. The molecule has 120 valence electrons. The molecule has 5 nitrogen and oxygen atoms in total. The van der Waals surface area contributed by atoms with E-state index in [2.05, 4.69) is 53.3 Å². The highest BCUT2D eigenvalue weighted by Gasteiger charge is 2.11. The maximum atomic E-state index is 4.58. The molecule has 1 N–H and O–H groups in total. The van der Waals surface area contributed by atoms with Crippen LogP contribution < -0.4 is 5.32 Å². The zero-order valence-corrected chi connectivity index (χ0v) is 14.5. The summed E-state index contributed by atoms with van der Waals surface area (Å²) in [6, 6.07) is 12.2. The van der Waals surface area contributed by atoms with Gasteiger partial charge >= 0.3 is 0 Å². The molecular weight excluding hydrogens is 306 g/mol. The highest BCUT2D eigenvalue weighted by Crippen LogP contribution is 2.24. The third-order valence-corrected chi connectivity index (χ3v) is 4.54. The van der Waals surface area contributed by atoms with Gasteiger partial charge in [0.15, 0.2) is 0 Å². The molecule has 1 aromatic carbocycles. The first-order valence-electron chi connectivity index (χ1n) is 7.67. The van der Waals surface area contributed by atoms with Gasteiger partial charge in [0, 0.05) is 28.7 Å². The van der Waals surface area contributed by atoms with Crippen LogP contribution in [0, 0.1) is 0 Å². The number of benzene rings is 1. The molecule has 3 aromatic rings. The zero-order chi connectivity index (χ0) is 16.3. The Labute approximate surface area is 140 Å². The number of aromatic nitrogens is 4. The predicted octanol–water partition coefficient (Wildman–Crippen LogP) is 3.73. The second-order valence-corrected chi connectivity index (χ2v) is 8.17. The van der Waals surface area contributed by atoms with Crippen molar-refractivity contribution in [1.82, 2.24) is 19.6 Å². The Hall–Kier alpha value is -2.08. The lowest BCUT2D eigenvalue weighted by molar-refractivity contribution is 0.802. The molecular formula is C17H21N5S. The van der Waals surface area contributed by atoms with Crippen molar-refractivity contribution in [3.8, 4) is 11.3 Å². The number of hydrogen-bond donors (Lipinski definition) is 1. The van der Waals surface area contributed by atoms with E-state index in [-0.39, 0.29) is 4.75 Å². The average molecular weight is 327 g/mol.